The van der Waals surface area contributed by atoms with Gasteiger partial charge in [0.1, 0.15) is 6.29 Å². The van der Waals surface area contributed by atoms with Gasteiger partial charge in [0.05, 0.1) is 6.33 Å². The number of hydrogen-bond acceptors (Lipinski definition) is 4. The van der Waals surface area contributed by atoms with Crippen molar-refractivity contribution in [1.29, 1.82) is 0 Å². The lowest BCUT2D eigenvalue weighted by molar-refractivity contribution is -0.107. The van der Waals surface area contributed by atoms with Gasteiger partial charge in [-0.1, -0.05) is 12.8 Å². The molecule has 0 atom stereocenters. The number of H-pyrrole nitrogens is 1. The van der Waals surface area contributed by atoms with Crippen molar-refractivity contribution in [3.63, 3.8) is 0 Å². The molecule has 0 bridgehead atoms. The van der Waals surface area contributed by atoms with Crippen LogP contribution in [0.15, 0.2) is 15.9 Å². The summed E-state index contributed by atoms with van der Waals surface area (Å²) in [5.74, 6) is 0. The van der Waals surface area contributed by atoms with E-state index in [0.29, 0.717) is 24.1 Å². The molecular formula is C13H18N4O3. The van der Waals surface area contributed by atoms with Crippen molar-refractivity contribution in [2.24, 2.45) is 7.05 Å². The van der Waals surface area contributed by atoms with Gasteiger partial charge in [0.25, 0.3) is 5.56 Å². The second-order valence-corrected chi connectivity index (χ2v) is 4.80. The van der Waals surface area contributed by atoms with Gasteiger partial charge in [-0.3, -0.25) is 14.3 Å². The van der Waals surface area contributed by atoms with Crippen LogP contribution < -0.4 is 11.2 Å². The minimum absolute atomic E-state index is 0.401. The van der Waals surface area contributed by atoms with Crippen molar-refractivity contribution in [1.82, 2.24) is 19.1 Å². The lowest BCUT2D eigenvalue weighted by Crippen LogP contribution is -2.29. The Morgan fingerprint density at radius 2 is 2.00 bits per heavy atom. The Kier molecular flexibility index (Phi) is 4.49. The Morgan fingerprint density at radius 1 is 1.25 bits per heavy atom. The fourth-order valence-electron chi connectivity index (χ4n) is 2.22. The molecule has 0 aliphatic heterocycles. The van der Waals surface area contributed by atoms with Gasteiger partial charge in [-0.25, -0.2) is 9.78 Å². The van der Waals surface area contributed by atoms with E-state index in [-0.39, 0.29) is 0 Å². The molecule has 2 rings (SSSR count). The fourth-order valence-corrected chi connectivity index (χ4v) is 2.22. The molecule has 0 aliphatic carbocycles. The molecule has 20 heavy (non-hydrogen) atoms. The van der Waals surface area contributed by atoms with Crippen LogP contribution in [0.3, 0.4) is 0 Å². The van der Waals surface area contributed by atoms with Crippen molar-refractivity contribution in [2.75, 3.05) is 0 Å². The highest BCUT2D eigenvalue weighted by molar-refractivity contribution is 5.69. The molecule has 0 fully saturated rings. The first kappa shape index (κ1) is 14.2. The van der Waals surface area contributed by atoms with Gasteiger partial charge in [-0.05, 0) is 12.8 Å². The molecule has 0 unspecified atom stereocenters. The predicted octanol–water partition coefficient (Wildman–Crippen LogP) is 0.573. The summed E-state index contributed by atoms with van der Waals surface area (Å²) in [4.78, 5) is 39.9. The van der Waals surface area contributed by atoms with Gasteiger partial charge in [-0.2, -0.15) is 0 Å². The number of aromatic amines is 1. The molecule has 0 aromatic carbocycles. The number of hydrogen-bond donors (Lipinski definition) is 1. The average Bonchev–Trinajstić information content (AvgIpc) is 2.85. The normalized spacial score (nSPS) is 11.1. The summed E-state index contributed by atoms with van der Waals surface area (Å²) in [6, 6.07) is 0. The van der Waals surface area contributed by atoms with Gasteiger partial charge in [0, 0.05) is 20.0 Å². The molecule has 108 valence electrons. The molecule has 0 saturated carbocycles. The van der Waals surface area contributed by atoms with Crippen LogP contribution in [0.5, 0.6) is 0 Å². The Hall–Kier alpha value is -2.18. The van der Waals surface area contributed by atoms with Crippen LogP contribution in [0.25, 0.3) is 11.2 Å². The van der Waals surface area contributed by atoms with E-state index in [4.69, 9.17) is 0 Å². The van der Waals surface area contributed by atoms with Gasteiger partial charge in [0.2, 0.25) is 0 Å². The van der Waals surface area contributed by atoms with Crippen LogP contribution in [0.4, 0.5) is 0 Å². The van der Waals surface area contributed by atoms with Crippen LogP contribution in [0, 0.1) is 0 Å². The number of unbranched alkanes of at least 4 members (excludes halogenated alkanes) is 4. The maximum absolute atomic E-state index is 11.8. The summed E-state index contributed by atoms with van der Waals surface area (Å²) in [5, 5.41) is 0. The summed E-state index contributed by atoms with van der Waals surface area (Å²) in [7, 11) is 1.58. The molecule has 0 spiro atoms. The molecule has 0 aliphatic rings. The number of aldehydes is 1. The molecule has 2 aromatic heterocycles. The van der Waals surface area contributed by atoms with Crippen LogP contribution in [0.1, 0.15) is 32.1 Å². The quantitative estimate of drug-likeness (QED) is 0.592. The third-order valence-electron chi connectivity index (χ3n) is 3.35. The zero-order chi connectivity index (χ0) is 14.5. The van der Waals surface area contributed by atoms with E-state index in [2.05, 4.69) is 9.97 Å². The second-order valence-electron chi connectivity index (χ2n) is 4.80. The zero-order valence-corrected chi connectivity index (χ0v) is 11.5. The zero-order valence-electron chi connectivity index (χ0n) is 11.5. The number of aryl methyl sites for hydroxylation is 2. The monoisotopic (exact) mass is 278 g/mol. The summed E-state index contributed by atoms with van der Waals surface area (Å²) in [5.41, 5.74) is -0.0251. The van der Waals surface area contributed by atoms with E-state index in [9.17, 15) is 14.4 Å². The maximum Gasteiger partial charge on any atom is 0.329 e. The van der Waals surface area contributed by atoms with Crippen molar-refractivity contribution in [2.45, 2.75) is 38.6 Å². The van der Waals surface area contributed by atoms with Crippen LogP contribution in [-0.4, -0.2) is 25.4 Å². The molecule has 2 aromatic rings. The summed E-state index contributed by atoms with van der Waals surface area (Å²) in [6.07, 6.45) is 6.94. The molecule has 1 N–H and O–H groups in total. The van der Waals surface area contributed by atoms with E-state index in [1.54, 1.807) is 17.9 Å². The maximum atomic E-state index is 11.8. The lowest BCUT2D eigenvalue weighted by Gasteiger charge is -2.04. The van der Waals surface area contributed by atoms with E-state index in [0.717, 1.165) is 32.0 Å². The van der Waals surface area contributed by atoms with Gasteiger partial charge in [-0.15, -0.1) is 0 Å². The van der Waals surface area contributed by atoms with E-state index < -0.39 is 11.2 Å². The Balaban J connectivity index is 2.08. The van der Waals surface area contributed by atoms with Gasteiger partial charge in [0.15, 0.2) is 11.2 Å². The van der Waals surface area contributed by atoms with E-state index >= 15 is 0 Å². The number of aromatic nitrogens is 4. The topological polar surface area (TPSA) is 89.8 Å². The summed E-state index contributed by atoms with van der Waals surface area (Å²) in [6.45, 7) is 0.679. The first-order valence-corrected chi connectivity index (χ1v) is 6.73. The number of fused-ring (bicyclic) bond motifs is 1. The molecule has 2 heterocycles. The minimum Gasteiger partial charge on any atom is -0.325 e. The van der Waals surface area contributed by atoms with Gasteiger partial charge >= 0.3 is 5.69 Å². The minimum atomic E-state index is -0.457. The predicted molar refractivity (Wildman–Crippen MR) is 74.7 cm³/mol. The summed E-state index contributed by atoms with van der Waals surface area (Å²) < 4.78 is 3.10. The fraction of sp³-hybridized carbons (Fsp3) is 0.538. The molecule has 0 radical (unpaired) electrons. The Bertz CT molecular complexity index is 710. The Labute approximate surface area is 115 Å². The van der Waals surface area contributed by atoms with Crippen LogP contribution in [-0.2, 0) is 18.4 Å². The van der Waals surface area contributed by atoms with Crippen molar-refractivity contribution < 1.29 is 4.79 Å². The van der Waals surface area contributed by atoms with Crippen molar-refractivity contribution in [3.8, 4) is 0 Å². The molecule has 7 heteroatoms. The second kappa shape index (κ2) is 6.31. The van der Waals surface area contributed by atoms with E-state index in [1.807, 2.05) is 0 Å². The smallest absolute Gasteiger partial charge is 0.325 e. The number of carbonyl (C=O) groups excluding carboxylic acids is 1. The number of nitrogens with one attached hydrogen (secondary N) is 1. The Morgan fingerprint density at radius 3 is 2.75 bits per heavy atom. The number of nitrogens with zero attached hydrogens (tertiary/aromatic N) is 3. The lowest BCUT2D eigenvalue weighted by atomic mass is 10.1. The third-order valence-corrected chi connectivity index (χ3v) is 3.35. The van der Waals surface area contributed by atoms with Crippen LogP contribution in [0.2, 0.25) is 0 Å². The first-order valence-electron chi connectivity index (χ1n) is 6.73. The summed E-state index contributed by atoms with van der Waals surface area (Å²) >= 11 is 0. The SMILES string of the molecule is Cn1c(=O)[nH]c(=O)c2c1ncn2CCCCCCC=O. The third kappa shape index (κ3) is 2.87. The molecular weight excluding hydrogens is 260 g/mol. The molecule has 0 amide bonds. The largest absolute Gasteiger partial charge is 0.329 e. The standard InChI is InChI=1S/C13H18N4O3/c1-16-11-10(12(19)15-13(16)20)17(9-14-11)7-5-3-2-4-6-8-18/h8-9H,2-7H2,1H3,(H,15,19,20). The van der Waals surface area contributed by atoms with Crippen molar-refractivity contribution >= 4 is 17.5 Å². The highest BCUT2D eigenvalue weighted by Crippen LogP contribution is 2.08. The average molecular weight is 278 g/mol. The first-order chi connectivity index (χ1) is 9.65. The van der Waals surface area contributed by atoms with Crippen molar-refractivity contribution in [3.05, 3.63) is 27.2 Å². The van der Waals surface area contributed by atoms with E-state index in [1.165, 1.54) is 4.57 Å². The number of carbonyl (C=O) groups is 1. The van der Waals surface area contributed by atoms with Gasteiger partial charge < -0.3 is 9.36 Å². The molecule has 0 saturated heterocycles. The highest BCUT2D eigenvalue weighted by atomic mass is 16.2. The number of imidazole rings is 1. The van der Waals surface area contributed by atoms with Crippen LogP contribution >= 0.6 is 0 Å². The highest BCUT2D eigenvalue weighted by Gasteiger charge is 2.10. The molecule has 7 nitrogen and oxygen atoms in total. The number of rotatable bonds is 7.